The van der Waals surface area contributed by atoms with E-state index in [-0.39, 0.29) is 10.7 Å². The third kappa shape index (κ3) is 3.56. The number of carbonyl (C=O) groups excluding carboxylic acids is 1. The summed E-state index contributed by atoms with van der Waals surface area (Å²) in [6.45, 7) is 0.331. The summed E-state index contributed by atoms with van der Waals surface area (Å²) in [5.41, 5.74) is 0.476. The molecule has 25 heavy (non-hydrogen) atoms. The second kappa shape index (κ2) is 7.15. The van der Waals surface area contributed by atoms with Crippen LogP contribution in [-0.2, 0) is 10.0 Å². The molecule has 1 atom stereocenters. The number of methoxy groups -OCH3 is 1. The van der Waals surface area contributed by atoms with Crippen molar-refractivity contribution in [2.75, 3.05) is 13.7 Å². The van der Waals surface area contributed by atoms with E-state index < -0.39 is 16.1 Å². The molecule has 0 radical (unpaired) electrons. The van der Waals surface area contributed by atoms with Gasteiger partial charge in [0.05, 0.1) is 18.0 Å². The summed E-state index contributed by atoms with van der Waals surface area (Å²) < 4.78 is 32.2. The summed E-state index contributed by atoms with van der Waals surface area (Å²) in [6, 6.07) is 12.0. The van der Waals surface area contributed by atoms with Crippen molar-refractivity contribution in [3.63, 3.8) is 0 Å². The lowest BCUT2D eigenvalue weighted by molar-refractivity contribution is 0.0918. The fourth-order valence-corrected chi connectivity index (χ4v) is 4.76. The van der Waals surface area contributed by atoms with Crippen LogP contribution in [0.25, 0.3) is 0 Å². The highest BCUT2D eigenvalue weighted by molar-refractivity contribution is 7.89. The second-order valence-electron chi connectivity index (χ2n) is 5.82. The topological polar surface area (TPSA) is 63.7 Å². The number of nitrogens with zero attached hydrogens (tertiary/aromatic N) is 1. The number of hydrogen-bond donors (Lipinski definition) is 0. The van der Waals surface area contributed by atoms with Gasteiger partial charge in [-0.3, -0.25) is 4.79 Å². The van der Waals surface area contributed by atoms with Gasteiger partial charge in [0.1, 0.15) is 5.75 Å². The normalized spacial score (nSPS) is 18.2. The van der Waals surface area contributed by atoms with Gasteiger partial charge < -0.3 is 4.74 Å². The number of halogens is 1. The minimum atomic E-state index is -3.74. The molecule has 132 valence electrons. The van der Waals surface area contributed by atoms with Gasteiger partial charge in [-0.15, -0.1) is 0 Å². The average molecular weight is 380 g/mol. The predicted octanol–water partition coefficient (Wildman–Crippen LogP) is 3.38. The van der Waals surface area contributed by atoms with Gasteiger partial charge in [-0.2, -0.15) is 4.31 Å². The van der Waals surface area contributed by atoms with E-state index in [1.165, 1.54) is 28.6 Å². The first-order valence-electron chi connectivity index (χ1n) is 7.89. The van der Waals surface area contributed by atoms with Gasteiger partial charge >= 0.3 is 0 Å². The molecule has 2 aromatic carbocycles. The number of carbonyl (C=O) groups is 1. The summed E-state index contributed by atoms with van der Waals surface area (Å²) in [4.78, 5) is 13.0. The third-order valence-electron chi connectivity index (χ3n) is 4.30. The molecule has 1 heterocycles. The highest BCUT2D eigenvalue weighted by Gasteiger charge is 2.39. The summed E-state index contributed by atoms with van der Waals surface area (Å²) in [5, 5.41) is 0.464. The molecule has 3 rings (SSSR count). The van der Waals surface area contributed by atoms with Crippen LogP contribution >= 0.6 is 11.6 Å². The fourth-order valence-electron chi connectivity index (χ4n) is 2.98. The van der Waals surface area contributed by atoms with E-state index in [4.69, 9.17) is 16.3 Å². The molecule has 1 fully saturated rings. The zero-order valence-corrected chi connectivity index (χ0v) is 15.3. The monoisotopic (exact) mass is 379 g/mol. The molecule has 0 N–H and O–H groups in total. The van der Waals surface area contributed by atoms with Crippen molar-refractivity contribution < 1.29 is 17.9 Å². The van der Waals surface area contributed by atoms with Crippen LogP contribution in [0.4, 0.5) is 0 Å². The Labute approximate surface area is 152 Å². The number of ether oxygens (including phenoxy) is 1. The van der Waals surface area contributed by atoms with Crippen LogP contribution in [0.15, 0.2) is 53.4 Å². The van der Waals surface area contributed by atoms with Gasteiger partial charge in [-0.25, -0.2) is 8.42 Å². The number of ketones is 1. The zero-order valence-electron chi connectivity index (χ0n) is 13.7. The summed E-state index contributed by atoms with van der Waals surface area (Å²) >= 11 is 5.83. The number of hydrogen-bond acceptors (Lipinski definition) is 4. The van der Waals surface area contributed by atoms with Gasteiger partial charge in [0, 0.05) is 17.1 Å². The minimum absolute atomic E-state index is 0.145. The number of Topliss-reactive ketones (excluding diaryl/α,β-unsaturated/α-hetero) is 1. The van der Waals surface area contributed by atoms with Crippen molar-refractivity contribution in [2.24, 2.45) is 0 Å². The van der Waals surface area contributed by atoms with Crippen LogP contribution in [0.3, 0.4) is 0 Å². The molecule has 7 heteroatoms. The smallest absolute Gasteiger partial charge is 0.243 e. The molecule has 0 spiro atoms. The lowest BCUT2D eigenvalue weighted by atomic mass is 10.0. The van der Waals surface area contributed by atoms with Gasteiger partial charge in [-0.1, -0.05) is 11.6 Å². The summed E-state index contributed by atoms with van der Waals surface area (Å²) in [5.74, 6) is 0.450. The first-order valence-corrected chi connectivity index (χ1v) is 9.71. The Morgan fingerprint density at radius 3 is 2.36 bits per heavy atom. The molecule has 1 saturated heterocycles. The molecule has 0 aliphatic carbocycles. The van der Waals surface area contributed by atoms with Crippen LogP contribution in [-0.4, -0.2) is 38.2 Å². The van der Waals surface area contributed by atoms with Crippen molar-refractivity contribution in [1.82, 2.24) is 4.31 Å². The molecule has 0 bridgehead atoms. The molecular weight excluding hydrogens is 362 g/mol. The van der Waals surface area contributed by atoms with Crippen LogP contribution < -0.4 is 4.74 Å². The van der Waals surface area contributed by atoms with Crippen molar-refractivity contribution in [3.05, 3.63) is 59.1 Å². The lowest BCUT2D eigenvalue weighted by Crippen LogP contribution is -2.40. The molecule has 0 amide bonds. The van der Waals surface area contributed by atoms with Crippen LogP contribution in [0.5, 0.6) is 5.75 Å². The molecule has 0 saturated carbocycles. The summed E-state index contributed by atoms with van der Waals surface area (Å²) in [6.07, 6.45) is 1.16. The standard InChI is InChI=1S/C18H18ClNO4S/c1-24-15-8-4-13(5-9-15)18(21)17-3-2-12-20(17)25(22,23)16-10-6-14(19)7-11-16/h4-11,17H,2-3,12H2,1H3. The van der Waals surface area contributed by atoms with E-state index in [9.17, 15) is 13.2 Å². The number of sulfonamides is 1. The van der Waals surface area contributed by atoms with E-state index in [0.717, 1.165) is 0 Å². The third-order valence-corrected chi connectivity index (χ3v) is 6.48. The first-order chi connectivity index (χ1) is 11.9. The highest BCUT2D eigenvalue weighted by atomic mass is 35.5. The van der Waals surface area contributed by atoms with Gasteiger partial charge in [0.25, 0.3) is 0 Å². The van der Waals surface area contributed by atoms with Crippen LogP contribution in [0.1, 0.15) is 23.2 Å². The fraction of sp³-hybridized carbons (Fsp3) is 0.278. The Hall–Kier alpha value is -1.89. The Balaban J connectivity index is 1.88. The van der Waals surface area contributed by atoms with Crippen molar-refractivity contribution in [3.8, 4) is 5.75 Å². The van der Waals surface area contributed by atoms with E-state index in [1.807, 2.05) is 0 Å². The second-order valence-corrected chi connectivity index (χ2v) is 8.15. The van der Waals surface area contributed by atoms with Gasteiger partial charge in [-0.05, 0) is 61.4 Å². The molecular formula is C18H18ClNO4S. The zero-order chi connectivity index (χ0) is 18.0. The highest BCUT2D eigenvalue weighted by Crippen LogP contribution is 2.29. The molecule has 1 aliphatic rings. The Kier molecular flexibility index (Phi) is 5.13. The molecule has 0 aromatic heterocycles. The van der Waals surface area contributed by atoms with Crippen LogP contribution in [0, 0.1) is 0 Å². The van der Waals surface area contributed by atoms with Crippen molar-refractivity contribution in [2.45, 2.75) is 23.8 Å². The molecule has 1 unspecified atom stereocenters. The minimum Gasteiger partial charge on any atom is -0.497 e. The van der Waals surface area contributed by atoms with Crippen molar-refractivity contribution >= 4 is 27.4 Å². The average Bonchev–Trinajstić information content (AvgIpc) is 3.12. The van der Waals surface area contributed by atoms with E-state index in [1.54, 1.807) is 31.4 Å². The SMILES string of the molecule is COc1ccc(C(=O)C2CCCN2S(=O)(=O)c2ccc(Cl)cc2)cc1. The van der Waals surface area contributed by atoms with Gasteiger partial charge in [0.2, 0.25) is 10.0 Å². The maximum Gasteiger partial charge on any atom is 0.243 e. The Morgan fingerprint density at radius 1 is 1.12 bits per heavy atom. The van der Waals surface area contributed by atoms with E-state index in [2.05, 4.69) is 0 Å². The molecule has 5 nitrogen and oxygen atoms in total. The van der Waals surface area contributed by atoms with Crippen molar-refractivity contribution in [1.29, 1.82) is 0 Å². The first kappa shape index (κ1) is 17.9. The maximum absolute atomic E-state index is 12.9. The van der Waals surface area contributed by atoms with Gasteiger partial charge in [0.15, 0.2) is 5.78 Å². The largest absolute Gasteiger partial charge is 0.497 e. The van der Waals surface area contributed by atoms with Crippen LogP contribution in [0.2, 0.25) is 5.02 Å². The maximum atomic E-state index is 12.9. The Morgan fingerprint density at radius 2 is 1.76 bits per heavy atom. The lowest BCUT2D eigenvalue weighted by Gasteiger charge is -2.23. The molecule has 1 aliphatic heterocycles. The summed E-state index contributed by atoms with van der Waals surface area (Å²) in [7, 11) is -2.19. The van der Waals surface area contributed by atoms with E-state index in [0.29, 0.717) is 35.7 Å². The number of rotatable bonds is 5. The predicted molar refractivity (Wildman–Crippen MR) is 95.7 cm³/mol. The number of benzene rings is 2. The molecule has 2 aromatic rings. The quantitative estimate of drug-likeness (QED) is 0.747. The van der Waals surface area contributed by atoms with E-state index >= 15 is 0 Å². The Bertz CT molecular complexity index is 863.